The predicted molar refractivity (Wildman–Crippen MR) is 121 cm³/mol. The van der Waals surface area contributed by atoms with E-state index in [1.165, 1.54) is 9.13 Å². The van der Waals surface area contributed by atoms with Crippen molar-refractivity contribution in [2.45, 2.75) is 26.6 Å². The fraction of sp³-hybridized carbons (Fsp3) is 0.160. The molecule has 31 heavy (non-hydrogen) atoms. The van der Waals surface area contributed by atoms with E-state index < -0.39 is 5.69 Å². The smallest absolute Gasteiger partial charge is 0.332 e. The van der Waals surface area contributed by atoms with Gasteiger partial charge in [0.2, 0.25) is 5.91 Å². The minimum atomic E-state index is -0.502. The van der Waals surface area contributed by atoms with Crippen LogP contribution in [0.25, 0.3) is 10.9 Å². The highest BCUT2D eigenvalue weighted by Crippen LogP contribution is 2.09. The Kier molecular flexibility index (Phi) is 5.80. The van der Waals surface area contributed by atoms with Gasteiger partial charge in [0.05, 0.1) is 17.4 Å². The number of fused-ring (bicyclic) bond motifs is 1. The van der Waals surface area contributed by atoms with E-state index in [1.807, 2.05) is 61.5 Å². The Balaban J connectivity index is 1.66. The van der Waals surface area contributed by atoms with Crippen molar-refractivity contribution < 1.29 is 4.79 Å². The van der Waals surface area contributed by atoms with E-state index in [9.17, 15) is 14.4 Å². The molecule has 156 valence electrons. The number of rotatable bonds is 6. The molecule has 0 saturated heterocycles. The first kappa shape index (κ1) is 20.3. The first-order valence-corrected chi connectivity index (χ1v) is 10.1. The number of carbonyl (C=O) groups excluding carboxylic acids is 1. The van der Waals surface area contributed by atoms with Gasteiger partial charge in [-0.25, -0.2) is 4.79 Å². The van der Waals surface area contributed by atoms with Crippen LogP contribution in [-0.4, -0.2) is 15.0 Å². The van der Waals surface area contributed by atoms with Crippen LogP contribution >= 0.6 is 0 Å². The predicted octanol–water partition coefficient (Wildman–Crippen LogP) is 2.84. The second-order valence-electron chi connectivity index (χ2n) is 7.53. The molecule has 0 unspecified atom stereocenters. The molecule has 0 bridgehead atoms. The number of nitrogens with zero attached hydrogens (tertiary/aromatic N) is 2. The van der Waals surface area contributed by atoms with Crippen molar-refractivity contribution in [3.63, 3.8) is 0 Å². The molecule has 0 aliphatic rings. The van der Waals surface area contributed by atoms with Crippen LogP contribution in [0.2, 0.25) is 0 Å². The maximum Gasteiger partial charge on any atom is 0.332 e. The molecule has 1 amide bonds. The van der Waals surface area contributed by atoms with Crippen molar-refractivity contribution in [1.82, 2.24) is 14.5 Å². The molecule has 0 spiro atoms. The third-order valence-corrected chi connectivity index (χ3v) is 5.23. The average molecular weight is 413 g/mol. The molecule has 0 aliphatic carbocycles. The highest BCUT2D eigenvalue weighted by Gasteiger charge is 2.15. The first-order chi connectivity index (χ1) is 15.0. The Morgan fingerprint density at radius 2 is 1.48 bits per heavy atom. The van der Waals surface area contributed by atoms with Gasteiger partial charge in [0.15, 0.2) is 0 Å². The number of carbonyl (C=O) groups is 1. The summed E-state index contributed by atoms with van der Waals surface area (Å²) in [7, 11) is 0. The molecular weight excluding hydrogens is 390 g/mol. The Morgan fingerprint density at radius 3 is 2.23 bits per heavy atom. The molecule has 1 heterocycles. The lowest BCUT2D eigenvalue weighted by Gasteiger charge is -2.14. The van der Waals surface area contributed by atoms with Crippen molar-refractivity contribution in [3.8, 4) is 0 Å². The molecule has 0 fully saturated rings. The summed E-state index contributed by atoms with van der Waals surface area (Å²) in [6.07, 6.45) is 0. The van der Waals surface area contributed by atoms with E-state index in [-0.39, 0.29) is 24.6 Å². The number of aryl methyl sites for hydroxylation is 1. The number of para-hydroxylation sites is 1. The second kappa shape index (κ2) is 8.83. The van der Waals surface area contributed by atoms with E-state index >= 15 is 0 Å². The van der Waals surface area contributed by atoms with Crippen LogP contribution in [0.15, 0.2) is 88.5 Å². The Bertz CT molecular complexity index is 1340. The van der Waals surface area contributed by atoms with Gasteiger partial charge in [-0.15, -0.1) is 0 Å². The molecule has 1 N–H and O–H groups in total. The van der Waals surface area contributed by atoms with E-state index in [0.717, 1.165) is 16.7 Å². The largest absolute Gasteiger partial charge is 0.350 e. The van der Waals surface area contributed by atoms with Crippen molar-refractivity contribution in [1.29, 1.82) is 0 Å². The summed E-state index contributed by atoms with van der Waals surface area (Å²) < 4.78 is 2.55. The maximum atomic E-state index is 13.2. The summed E-state index contributed by atoms with van der Waals surface area (Å²) in [4.78, 5) is 38.8. The summed E-state index contributed by atoms with van der Waals surface area (Å²) in [6.45, 7) is 2.36. The molecule has 0 saturated carbocycles. The molecule has 4 rings (SSSR count). The summed E-state index contributed by atoms with van der Waals surface area (Å²) in [5.74, 6) is -0.294. The van der Waals surface area contributed by atoms with Gasteiger partial charge in [-0.05, 0) is 30.2 Å². The summed E-state index contributed by atoms with van der Waals surface area (Å²) >= 11 is 0. The zero-order valence-corrected chi connectivity index (χ0v) is 17.2. The minimum absolute atomic E-state index is 0.147. The summed E-state index contributed by atoms with van der Waals surface area (Å²) in [5, 5.41) is 3.26. The van der Waals surface area contributed by atoms with Gasteiger partial charge in [-0.2, -0.15) is 0 Å². The van der Waals surface area contributed by atoms with Crippen molar-refractivity contribution in [3.05, 3.63) is 116 Å². The van der Waals surface area contributed by atoms with Crippen LogP contribution < -0.4 is 16.6 Å². The van der Waals surface area contributed by atoms with Crippen LogP contribution in [0.4, 0.5) is 0 Å². The van der Waals surface area contributed by atoms with Crippen LogP contribution in [-0.2, 0) is 24.4 Å². The Morgan fingerprint density at radius 1 is 0.806 bits per heavy atom. The molecular formula is C25H23N3O3. The SMILES string of the molecule is Cc1ccc(CNC(=O)Cn2c(=O)n(Cc3ccccc3)c(=O)c3ccccc32)cc1. The number of amides is 1. The molecule has 0 atom stereocenters. The van der Waals surface area contributed by atoms with Crippen LogP contribution in [0, 0.1) is 6.92 Å². The van der Waals surface area contributed by atoms with Gasteiger partial charge in [0.1, 0.15) is 6.54 Å². The number of benzene rings is 3. The lowest BCUT2D eigenvalue weighted by Crippen LogP contribution is -2.42. The first-order valence-electron chi connectivity index (χ1n) is 10.1. The van der Waals surface area contributed by atoms with Crippen molar-refractivity contribution >= 4 is 16.8 Å². The standard InChI is InChI=1S/C25H23N3O3/c1-18-11-13-19(14-12-18)15-26-23(29)17-27-22-10-6-5-9-21(22)24(30)28(25(27)31)16-20-7-3-2-4-8-20/h2-14H,15-17H2,1H3,(H,26,29). The molecule has 6 nitrogen and oxygen atoms in total. The Hall–Kier alpha value is -3.93. The number of hydrogen-bond donors (Lipinski definition) is 1. The fourth-order valence-corrected chi connectivity index (χ4v) is 3.54. The minimum Gasteiger partial charge on any atom is -0.350 e. The molecule has 6 heteroatoms. The van der Waals surface area contributed by atoms with Gasteiger partial charge in [-0.3, -0.25) is 18.7 Å². The summed E-state index contributed by atoms with van der Waals surface area (Å²) in [6, 6.07) is 24.1. The molecule has 4 aromatic rings. The van der Waals surface area contributed by atoms with Gasteiger partial charge < -0.3 is 5.32 Å². The Labute approximate surface area is 179 Å². The van der Waals surface area contributed by atoms with Gasteiger partial charge in [-0.1, -0.05) is 72.3 Å². The van der Waals surface area contributed by atoms with E-state index in [4.69, 9.17) is 0 Å². The maximum absolute atomic E-state index is 13.2. The van der Waals surface area contributed by atoms with Crippen LogP contribution in [0.3, 0.4) is 0 Å². The average Bonchev–Trinajstić information content (AvgIpc) is 2.80. The van der Waals surface area contributed by atoms with E-state index in [1.54, 1.807) is 24.3 Å². The van der Waals surface area contributed by atoms with Crippen molar-refractivity contribution in [2.75, 3.05) is 0 Å². The third kappa shape index (κ3) is 4.48. The van der Waals surface area contributed by atoms with Crippen molar-refractivity contribution in [2.24, 2.45) is 0 Å². The number of nitrogens with one attached hydrogen (secondary N) is 1. The molecule has 1 aromatic heterocycles. The topological polar surface area (TPSA) is 73.1 Å². The van der Waals surface area contributed by atoms with Gasteiger partial charge >= 0.3 is 5.69 Å². The van der Waals surface area contributed by atoms with E-state index in [0.29, 0.717) is 17.4 Å². The lowest BCUT2D eigenvalue weighted by atomic mass is 10.1. The van der Waals surface area contributed by atoms with Gasteiger partial charge in [0.25, 0.3) is 5.56 Å². The van der Waals surface area contributed by atoms with E-state index in [2.05, 4.69) is 5.32 Å². The number of aromatic nitrogens is 2. The van der Waals surface area contributed by atoms with Crippen LogP contribution in [0.1, 0.15) is 16.7 Å². The quantitative estimate of drug-likeness (QED) is 0.528. The summed E-state index contributed by atoms with van der Waals surface area (Å²) in [5.41, 5.74) is 2.55. The zero-order valence-electron chi connectivity index (χ0n) is 17.2. The lowest BCUT2D eigenvalue weighted by molar-refractivity contribution is -0.121. The zero-order chi connectivity index (χ0) is 21.8. The molecule has 0 radical (unpaired) electrons. The van der Waals surface area contributed by atoms with Gasteiger partial charge in [0, 0.05) is 6.54 Å². The molecule has 3 aromatic carbocycles. The second-order valence-corrected chi connectivity index (χ2v) is 7.53. The fourth-order valence-electron chi connectivity index (χ4n) is 3.54. The monoisotopic (exact) mass is 413 g/mol. The normalized spacial score (nSPS) is 10.9. The number of hydrogen-bond acceptors (Lipinski definition) is 3. The molecule has 0 aliphatic heterocycles. The highest BCUT2D eigenvalue weighted by molar-refractivity contribution is 5.81. The highest BCUT2D eigenvalue weighted by atomic mass is 16.2. The van der Waals surface area contributed by atoms with Crippen LogP contribution in [0.5, 0.6) is 0 Å². The third-order valence-electron chi connectivity index (χ3n) is 5.23.